The van der Waals surface area contributed by atoms with Crippen LogP contribution in [0, 0.1) is 11.6 Å². The third kappa shape index (κ3) is 5.65. The molecule has 1 saturated heterocycles. The van der Waals surface area contributed by atoms with Crippen LogP contribution in [0.15, 0.2) is 71.5 Å². The number of halogens is 2. The fraction of sp³-hybridized carbons (Fsp3) is 0.300. The Kier molecular flexibility index (Phi) is 7.60. The van der Waals surface area contributed by atoms with Crippen LogP contribution in [0.4, 0.5) is 14.5 Å². The van der Waals surface area contributed by atoms with Gasteiger partial charge in [0.15, 0.2) is 0 Å². The van der Waals surface area contributed by atoms with Gasteiger partial charge in [0.05, 0.1) is 5.39 Å². The smallest absolute Gasteiger partial charge is 0.274 e. The second kappa shape index (κ2) is 11.2. The summed E-state index contributed by atoms with van der Waals surface area (Å²) in [6.07, 6.45) is 2.76. The van der Waals surface area contributed by atoms with E-state index in [1.807, 2.05) is 12.1 Å². The van der Waals surface area contributed by atoms with Crippen molar-refractivity contribution >= 4 is 22.4 Å². The van der Waals surface area contributed by atoms with E-state index in [1.54, 1.807) is 24.3 Å². The molecule has 3 aromatic carbocycles. The van der Waals surface area contributed by atoms with Crippen LogP contribution in [0.2, 0.25) is 0 Å². The van der Waals surface area contributed by atoms with Gasteiger partial charge in [-0.2, -0.15) is 5.10 Å². The molecular weight excluding hydrogens is 486 g/mol. The largest absolute Gasteiger partial charge is 0.326 e. The van der Waals surface area contributed by atoms with Crippen LogP contribution in [0.25, 0.3) is 22.0 Å². The number of aromatic nitrogens is 2. The lowest BCUT2D eigenvalue weighted by molar-refractivity contribution is -0.114. The molecular formula is C30H30F2N4O2. The van der Waals surface area contributed by atoms with Crippen LogP contribution in [-0.4, -0.2) is 40.2 Å². The number of carbonyl (C=O) groups excluding carboxylic acids is 1. The first-order valence-corrected chi connectivity index (χ1v) is 12.9. The van der Waals surface area contributed by atoms with E-state index < -0.39 is 11.6 Å². The van der Waals surface area contributed by atoms with E-state index in [0.29, 0.717) is 28.9 Å². The zero-order valence-corrected chi connectivity index (χ0v) is 21.3. The van der Waals surface area contributed by atoms with Crippen LogP contribution >= 0.6 is 0 Å². The number of carbonyl (C=O) groups is 1. The lowest BCUT2D eigenvalue weighted by atomic mass is 9.89. The Morgan fingerprint density at radius 3 is 2.47 bits per heavy atom. The summed E-state index contributed by atoms with van der Waals surface area (Å²) >= 11 is 0. The Bertz CT molecular complexity index is 1530. The van der Waals surface area contributed by atoms with Crippen molar-refractivity contribution in [3.63, 3.8) is 0 Å². The molecule has 38 heavy (non-hydrogen) atoms. The first-order chi connectivity index (χ1) is 18.4. The average molecular weight is 517 g/mol. The fourth-order valence-corrected chi connectivity index (χ4v) is 5.27. The predicted molar refractivity (Wildman–Crippen MR) is 145 cm³/mol. The summed E-state index contributed by atoms with van der Waals surface area (Å²) in [4.78, 5) is 26.9. The molecule has 1 N–H and O–H groups in total. The monoisotopic (exact) mass is 516 g/mol. The summed E-state index contributed by atoms with van der Waals surface area (Å²) in [7, 11) is 0. The second-order valence-electron chi connectivity index (χ2n) is 9.82. The lowest BCUT2D eigenvalue weighted by Crippen LogP contribution is -2.34. The highest BCUT2D eigenvalue weighted by molar-refractivity contribution is 5.93. The van der Waals surface area contributed by atoms with Gasteiger partial charge in [0.1, 0.15) is 17.3 Å². The Balaban J connectivity index is 1.25. The minimum absolute atomic E-state index is 0.0769. The number of piperidine rings is 1. The Morgan fingerprint density at radius 2 is 1.74 bits per heavy atom. The Morgan fingerprint density at radius 1 is 0.974 bits per heavy atom. The number of amides is 1. The minimum Gasteiger partial charge on any atom is -0.326 e. The number of hydrogen-bond acceptors (Lipinski definition) is 4. The van der Waals surface area contributed by atoms with Crippen LogP contribution in [-0.2, 0) is 11.3 Å². The molecule has 0 atom stereocenters. The van der Waals surface area contributed by atoms with Gasteiger partial charge in [-0.1, -0.05) is 30.3 Å². The molecule has 0 aliphatic carbocycles. The SMILES string of the molecule is CC(=O)Nc1cccc(C2CCN(CCCn3nc(-c4ccc(F)cc4F)c4ccccc4c3=O)CC2)c1. The molecule has 0 saturated carbocycles. The maximum absolute atomic E-state index is 14.6. The third-order valence-corrected chi connectivity index (χ3v) is 7.16. The molecule has 1 aromatic heterocycles. The van der Waals surface area contributed by atoms with Gasteiger partial charge in [-0.3, -0.25) is 9.59 Å². The molecule has 0 unspecified atom stereocenters. The maximum atomic E-state index is 14.6. The normalized spacial score (nSPS) is 14.6. The van der Waals surface area contributed by atoms with Gasteiger partial charge >= 0.3 is 0 Å². The van der Waals surface area contributed by atoms with E-state index in [0.717, 1.165) is 50.7 Å². The first-order valence-electron chi connectivity index (χ1n) is 12.9. The van der Waals surface area contributed by atoms with E-state index in [9.17, 15) is 18.4 Å². The van der Waals surface area contributed by atoms with Crippen molar-refractivity contribution < 1.29 is 13.6 Å². The van der Waals surface area contributed by atoms with E-state index in [4.69, 9.17) is 0 Å². The predicted octanol–water partition coefficient (Wildman–Crippen LogP) is 5.57. The zero-order valence-electron chi connectivity index (χ0n) is 21.3. The summed E-state index contributed by atoms with van der Waals surface area (Å²) in [6.45, 7) is 4.62. The molecule has 5 rings (SSSR count). The van der Waals surface area contributed by atoms with Crippen LogP contribution in [0.3, 0.4) is 0 Å². The molecule has 6 nitrogen and oxygen atoms in total. The third-order valence-electron chi connectivity index (χ3n) is 7.16. The molecule has 4 aromatic rings. The van der Waals surface area contributed by atoms with Gasteiger partial charge in [-0.05, 0) is 80.7 Å². The van der Waals surface area contributed by atoms with Crippen LogP contribution in [0.5, 0.6) is 0 Å². The number of aryl methyl sites for hydroxylation is 1. The fourth-order valence-electron chi connectivity index (χ4n) is 5.27. The molecule has 1 aliphatic heterocycles. The summed E-state index contributed by atoms with van der Waals surface area (Å²) in [6, 6.07) is 18.5. The topological polar surface area (TPSA) is 67.2 Å². The molecule has 0 radical (unpaired) electrons. The Labute approximate surface area is 219 Å². The first kappa shape index (κ1) is 25.7. The highest BCUT2D eigenvalue weighted by Gasteiger charge is 2.21. The number of fused-ring (bicyclic) bond motifs is 1. The molecule has 0 spiro atoms. The van der Waals surface area contributed by atoms with Crippen LogP contribution < -0.4 is 10.9 Å². The number of likely N-dealkylation sites (tertiary alicyclic amines) is 1. The van der Waals surface area contributed by atoms with E-state index >= 15 is 0 Å². The molecule has 1 aliphatic rings. The molecule has 8 heteroatoms. The summed E-state index contributed by atoms with van der Waals surface area (Å²) < 4.78 is 29.5. The number of rotatable bonds is 7. The molecule has 1 fully saturated rings. The molecule has 196 valence electrons. The Hall–Kier alpha value is -3.91. The van der Waals surface area contributed by atoms with E-state index in [-0.39, 0.29) is 17.0 Å². The van der Waals surface area contributed by atoms with E-state index in [2.05, 4.69) is 27.4 Å². The van der Waals surface area contributed by atoms with Gasteiger partial charge < -0.3 is 10.2 Å². The van der Waals surface area contributed by atoms with Crippen molar-refractivity contribution in [2.45, 2.75) is 38.6 Å². The highest BCUT2D eigenvalue weighted by atomic mass is 19.1. The summed E-state index contributed by atoms with van der Waals surface area (Å²) in [5, 5.41) is 8.38. The number of benzene rings is 3. The summed E-state index contributed by atoms with van der Waals surface area (Å²) in [5.74, 6) is -1.00. The molecule has 2 heterocycles. The average Bonchev–Trinajstić information content (AvgIpc) is 2.91. The maximum Gasteiger partial charge on any atom is 0.274 e. The van der Waals surface area contributed by atoms with Crippen molar-refractivity contribution in [3.05, 3.63) is 94.3 Å². The van der Waals surface area contributed by atoms with Crippen LogP contribution in [0.1, 0.15) is 37.7 Å². The van der Waals surface area contributed by atoms with Crippen molar-refractivity contribution in [2.24, 2.45) is 0 Å². The van der Waals surface area contributed by atoms with Crippen molar-refractivity contribution in [2.75, 3.05) is 25.0 Å². The lowest BCUT2D eigenvalue weighted by Gasteiger charge is -2.32. The van der Waals surface area contributed by atoms with Gasteiger partial charge in [-0.25, -0.2) is 13.5 Å². The van der Waals surface area contributed by atoms with Gasteiger partial charge in [-0.15, -0.1) is 0 Å². The van der Waals surface area contributed by atoms with Crippen molar-refractivity contribution in [1.82, 2.24) is 14.7 Å². The zero-order chi connectivity index (χ0) is 26.6. The standard InChI is InChI=1S/C30H30F2N4O2/c1-20(37)33-24-7-4-6-22(18-24)21-12-16-35(17-13-21)14-5-15-36-30(38)26-9-3-2-8-25(26)29(34-36)27-11-10-23(31)19-28(27)32/h2-4,6-11,18-19,21H,5,12-17H2,1H3,(H,33,37). The highest BCUT2D eigenvalue weighted by Crippen LogP contribution is 2.30. The second-order valence-corrected chi connectivity index (χ2v) is 9.82. The number of nitrogens with one attached hydrogen (secondary N) is 1. The quantitative estimate of drug-likeness (QED) is 0.349. The summed E-state index contributed by atoms with van der Waals surface area (Å²) in [5.41, 5.74) is 2.35. The van der Waals surface area contributed by atoms with Gasteiger partial charge in [0, 0.05) is 36.2 Å². The van der Waals surface area contributed by atoms with Gasteiger partial charge in [0.2, 0.25) is 5.91 Å². The number of nitrogens with zero attached hydrogens (tertiary/aromatic N) is 3. The number of hydrogen-bond donors (Lipinski definition) is 1. The van der Waals surface area contributed by atoms with Crippen molar-refractivity contribution in [1.29, 1.82) is 0 Å². The van der Waals surface area contributed by atoms with Gasteiger partial charge in [0.25, 0.3) is 5.56 Å². The molecule has 1 amide bonds. The van der Waals surface area contributed by atoms with Crippen molar-refractivity contribution in [3.8, 4) is 11.3 Å². The van der Waals surface area contributed by atoms with E-state index in [1.165, 1.54) is 29.3 Å². The minimum atomic E-state index is -0.710. The number of anilines is 1. The molecule has 0 bridgehead atoms.